The molecule has 22 heavy (non-hydrogen) atoms. The van der Waals surface area contributed by atoms with Crippen molar-refractivity contribution in [2.75, 3.05) is 20.3 Å². The molecule has 0 radical (unpaired) electrons. The quantitative estimate of drug-likeness (QED) is 0.798. The predicted molar refractivity (Wildman–Crippen MR) is 80.3 cm³/mol. The fraction of sp³-hybridized carbons (Fsp3) is 0.600. The Labute approximate surface area is 129 Å². The molecule has 1 aliphatic carbocycles. The van der Waals surface area contributed by atoms with E-state index in [0.29, 0.717) is 30.8 Å². The Morgan fingerprint density at radius 1 is 1.45 bits per heavy atom. The summed E-state index contributed by atoms with van der Waals surface area (Å²) < 4.78 is 6.74. The number of rotatable bonds is 6. The van der Waals surface area contributed by atoms with Gasteiger partial charge in [0.2, 0.25) is 5.91 Å². The summed E-state index contributed by atoms with van der Waals surface area (Å²) in [5.41, 5.74) is 0. The van der Waals surface area contributed by atoms with Crippen molar-refractivity contribution in [3.63, 3.8) is 0 Å². The fourth-order valence-electron chi connectivity index (χ4n) is 3.00. The van der Waals surface area contributed by atoms with E-state index in [2.05, 4.69) is 15.1 Å². The van der Waals surface area contributed by atoms with Gasteiger partial charge in [-0.25, -0.2) is 9.50 Å². The molecule has 0 aliphatic heterocycles. The number of carbonyl (C=O) groups is 1. The molecule has 0 atom stereocenters. The van der Waals surface area contributed by atoms with Gasteiger partial charge < -0.3 is 9.64 Å². The molecule has 1 amide bonds. The normalized spacial score (nSPS) is 15.5. The van der Waals surface area contributed by atoms with Crippen LogP contribution in [-0.2, 0) is 16.0 Å². The molecule has 2 aromatic heterocycles. The van der Waals surface area contributed by atoms with E-state index in [9.17, 15) is 4.79 Å². The van der Waals surface area contributed by atoms with Crippen LogP contribution in [0.4, 0.5) is 0 Å². The van der Waals surface area contributed by atoms with Crippen molar-refractivity contribution < 1.29 is 9.53 Å². The highest BCUT2D eigenvalue weighted by atomic mass is 16.5. The summed E-state index contributed by atoms with van der Waals surface area (Å²) in [5.74, 6) is 1.11. The van der Waals surface area contributed by atoms with Crippen molar-refractivity contribution >= 4 is 11.7 Å². The summed E-state index contributed by atoms with van der Waals surface area (Å²) in [6.45, 7) is 1.19. The average molecular weight is 303 g/mol. The molecular formula is C15H21N5O2. The molecule has 118 valence electrons. The van der Waals surface area contributed by atoms with Gasteiger partial charge in [-0.2, -0.15) is 4.98 Å². The van der Waals surface area contributed by atoms with Gasteiger partial charge >= 0.3 is 0 Å². The first kappa shape index (κ1) is 14.9. The van der Waals surface area contributed by atoms with Gasteiger partial charge in [0, 0.05) is 32.1 Å². The molecule has 0 N–H and O–H groups in total. The van der Waals surface area contributed by atoms with Crippen LogP contribution in [0.3, 0.4) is 0 Å². The molecule has 1 fully saturated rings. The molecule has 0 saturated heterocycles. The summed E-state index contributed by atoms with van der Waals surface area (Å²) in [7, 11) is 1.66. The van der Waals surface area contributed by atoms with E-state index in [1.165, 1.54) is 12.8 Å². The first-order valence-corrected chi connectivity index (χ1v) is 7.72. The van der Waals surface area contributed by atoms with E-state index in [4.69, 9.17) is 4.74 Å². The second-order valence-electron chi connectivity index (χ2n) is 5.59. The number of amides is 1. The van der Waals surface area contributed by atoms with Gasteiger partial charge in [-0.1, -0.05) is 12.8 Å². The first-order chi connectivity index (χ1) is 10.8. The SMILES string of the molecule is COCCN(C(=O)Cc1nc2ncccn2n1)C1CCCC1. The van der Waals surface area contributed by atoms with Gasteiger partial charge in [-0.15, -0.1) is 5.10 Å². The number of hydrogen-bond donors (Lipinski definition) is 0. The second-order valence-corrected chi connectivity index (χ2v) is 5.59. The zero-order valence-corrected chi connectivity index (χ0v) is 12.8. The minimum Gasteiger partial charge on any atom is -0.383 e. The highest BCUT2D eigenvalue weighted by Crippen LogP contribution is 2.23. The molecule has 1 aliphatic rings. The maximum atomic E-state index is 12.6. The monoisotopic (exact) mass is 303 g/mol. The van der Waals surface area contributed by atoms with Crippen molar-refractivity contribution in [3.05, 3.63) is 24.3 Å². The van der Waals surface area contributed by atoms with Crippen LogP contribution in [0.2, 0.25) is 0 Å². The lowest BCUT2D eigenvalue weighted by Gasteiger charge is -2.28. The molecule has 3 rings (SSSR count). The minimum absolute atomic E-state index is 0.0693. The van der Waals surface area contributed by atoms with E-state index >= 15 is 0 Å². The van der Waals surface area contributed by atoms with E-state index in [1.807, 2.05) is 4.90 Å². The lowest BCUT2D eigenvalue weighted by molar-refractivity contribution is -0.133. The van der Waals surface area contributed by atoms with Crippen LogP contribution in [-0.4, -0.2) is 56.7 Å². The van der Waals surface area contributed by atoms with Crippen LogP contribution in [0.25, 0.3) is 5.78 Å². The molecule has 7 nitrogen and oxygen atoms in total. The Balaban J connectivity index is 1.71. The van der Waals surface area contributed by atoms with Crippen LogP contribution in [0, 0.1) is 0 Å². The van der Waals surface area contributed by atoms with Gasteiger partial charge in [0.25, 0.3) is 5.78 Å². The number of ether oxygens (including phenoxy) is 1. The topological polar surface area (TPSA) is 72.6 Å². The molecule has 0 spiro atoms. The van der Waals surface area contributed by atoms with E-state index in [0.717, 1.165) is 12.8 Å². The molecule has 0 unspecified atom stereocenters. The zero-order valence-electron chi connectivity index (χ0n) is 12.8. The first-order valence-electron chi connectivity index (χ1n) is 7.72. The van der Waals surface area contributed by atoms with Crippen molar-refractivity contribution in [1.82, 2.24) is 24.5 Å². The molecule has 2 aromatic rings. The van der Waals surface area contributed by atoms with Crippen LogP contribution in [0.5, 0.6) is 0 Å². The predicted octanol–water partition coefficient (Wildman–Crippen LogP) is 1.08. The number of nitrogens with zero attached hydrogens (tertiary/aromatic N) is 5. The van der Waals surface area contributed by atoms with E-state index in [1.54, 1.807) is 30.1 Å². The Hall–Kier alpha value is -2.02. The fourth-order valence-corrected chi connectivity index (χ4v) is 3.00. The lowest BCUT2D eigenvalue weighted by Crippen LogP contribution is -2.42. The van der Waals surface area contributed by atoms with Gasteiger partial charge in [0.15, 0.2) is 5.82 Å². The molecule has 2 heterocycles. The second kappa shape index (κ2) is 6.83. The van der Waals surface area contributed by atoms with Crippen molar-refractivity contribution in [3.8, 4) is 0 Å². The molecule has 0 aromatic carbocycles. The van der Waals surface area contributed by atoms with Crippen molar-refractivity contribution in [2.45, 2.75) is 38.1 Å². The number of fused-ring (bicyclic) bond motifs is 1. The van der Waals surface area contributed by atoms with Gasteiger partial charge in [-0.05, 0) is 18.9 Å². The summed E-state index contributed by atoms with van der Waals surface area (Å²) >= 11 is 0. The van der Waals surface area contributed by atoms with Gasteiger partial charge in [0.1, 0.15) is 0 Å². The maximum absolute atomic E-state index is 12.6. The van der Waals surface area contributed by atoms with Crippen LogP contribution >= 0.6 is 0 Å². The van der Waals surface area contributed by atoms with Gasteiger partial charge in [-0.3, -0.25) is 4.79 Å². The largest absolute Gasteiger partial charge is 0.383 e. The summed E-state index contributed by atoms with van der Waals surface area (Å²) in [6, 6.07) is 2.12. The highest BCUT2D eigenvalue weighted by Gasteiger charge is 2.27. The summed E-state index contributed by atoms with van der Waals surface area (Å²) in [5, 5.41) is 4.31. The van der Waals surface area contributed by atoms with Crippen molar-refractivity contribution in [1.29, 1.82) is 0 Å². The summed E-state index contributed by atoms with van der Waals surface area (Å²) in [4.78, 5) is 23.0. The van der Waals surface area contributed by atoms with Gasteiger partial charge in [0.05, 0.1) is 13.0 Å². The number of hydrogen-bond acceptors (Lipinski definition) is 5. The van der Waals surface area contributed by atoms with Crippen LogP contribution < -0.4 is 0 Å². The number of carbonyl (C=O) groups excluding carboxylic acids is 1. The Bertz CT molecular complexity index is 603. The molecular weight excluding hydrogens is 282 g/mol. The standard InChI is InChI=1S/C15H21N5O2/c1-22-10-9-19(12-5-2-3-6-12)14(21)11-13-17-15-16-7-4-8-20(15)18-13/h4,7-8,12H,2-3,5-6,9-11H2,1H3. The lowest BCUT2D eigenvalue weighted by atomic mass is 10.2. The number of methoxy groups -OCH3 is 1. The smallest absolute Gasteiger partial charge is 0.252 e. The summed E-state index contributed by atoms with van der Waals surface area (Å²) in [6.07, 6.45) is 8.20. The Morgan fingerprint density at radius 2 is 2.27 bits per heavy atom. The Kier molecular flexibility index (Phi) is 4.62. The van der Waals surface area contributed by atoms with Crippen LogP contribution in [0.1, 0.15) is 31.5 Å². The maximum Gasteiger partial charge on any atom is 0.252 e. The van der Waals surface area contributed by atoms with Crippen LogP contribution in [0.15, 0.2) is 18.5 Å². The van der Waals surface area contributed by atoms with E-state index in [-0.39, 0.29) is 12.3 Å². The zero-order chi connectivity index (χ0) is 15.4. The van der Waals surface area contributed by atoms with E-state index < -0.39 is 0 Å². The third kappa shape index (κ3) is 3.24. The average Bonchev–Trinajstić information content (AvgIpc) is 3.16. The number of aromatic nitrogens is 4. The third-order valence-electron chi connectivity index (χ3n) is 4.09. The molecule has 7 heteroatoms. The molecule has 1 saturated carbocycles. The molecule has 0 bridgehead atoms. The van der Waals surface area contributed by atoms with Crippen molar-refractivity contribution in [2.24, 2.45) is 0 Å². The highest BCUT2D eigenvalue weighted by molar-refractivity contribution is 5.78. The third-order valence-corrected chi connectivity index (χ3v) is 4.09. The minimum atomic E-state index is 0.0693. The Morgan fingerprint density at radius 3 is 3.00 bits per heavy atom.